The summed E-state index contributed by atoms with van der Waals surface area (Å²) in [5.41, 5.74) is 2.26. The van der Waals surface area contributed by atoms with E-state index in [1.807, 2.05) is 63.2 Å². The first kappa shape index (κ1) is 13.6. The zero-order chi connectivity index (χ0) is 13.8. The summed E-state index contributed by atoms with van der Waals surface area (Å²) in [4.78, 5) is 0. The first-order valence-electron chi connectivity index (χ1n) is 6.53. The van der Waals surface area contributed by atoms with Gasteiger partial charge >= 0.3 is 0 Å². The van der Waals surface area contributed by atoms with Gasteiger partial charge in [0.1, 0.15) is 5.75 Å². The summed E-state index contributed by atoms with van der Waals surface area (Å²) in [6.07, 6.45) is 4.06. The average Bonchev–Trinajstić information content (AvgIpc) is 2.78. The third-order valence-electron chi connectivity index (χ3n) is 2.94. The molecule has 0 bridgehead atoms. The average molecular weight is 259 g/mol. The number of rotatable bonds is 5. The van der Waals surface area contributed by atoms with Crippen molar-refractivity contribution in [1.82, 2.24) is 15.1 Å². The van der Waals surface area contributed by atoms with E-state index in [0.717, 1.165) is 16.9 Å². The Morgan fingerprint density at radius 2 is 2.00 bits per heavy atom. The highest BCUT2D eigenvalue weighted by Crippen LogP contribution is 2.30. The lowest BCUT2D eigenvalue weighted by Crippen LogP contribution is -2.19. The van der Waals surface area contributed by atoms with Gasteiger partial charge in [-0.2, -0.15) is 5.10 Å². The summed E-state index contributed by atoms with van der Waals surface area (Å²) in [6, 6.07) is 8.21. The molecule has 0 fully saturated rings. The predicted molar refractivity (Wildman–Crippen MR) is 76.3 cm³/mol. The van der Waals surface area contributed by atoms with E-state index >= 15 is 0 Å². The van der Waals surface area contributed by atoms with E-state index in [2.05, 4.69) is 16.5 Å². The van der Waals surface area contributed by atoms with Crippen LogP contribution < -0.4 is 10.1 Å². The van der Waals surface area contributed by atoms with Crippen molar-refractivity contribution in [3.63, 3.8) is 0 Å². The third kappa shape index (κ3) is 3.15. The lowest BCUT2D eigenvalue weighted by atomic mass is 10.0. The molecular formula is C15H21N3O. The van der Waals surface area contributed by atoms with E-state index in [9.17, 15) is 0 Å². The molecule has 1 unspecified atom stereocenters. The molecule has 0 amide bonds. The Labute approximate surface area is 114 Å². The molecule has 0 saturated heterocycles. The van der Waals surface area contributed by atoms with Crippen molar-refractivity contribution in [2.24, 2.45) is 7.05 Å². The second kappa shape index (κ2) is 5.89. The van der Waals surface area contributed by atoms with E-state index < -0.39 is 0 Å². The molecule has 1 N–H and O–H groups in total. The van der Waals surface area contributed by atoms with Crippen LogP contribution in [0.2, 0.25) is 0 Å². The molecule has 0 radical (unpaired) electrons. The minimum atomic E-state index is 0.0867. The van der Waals surface area contributed by atoms with Gasteiger partial charge in [-0.05, 0) is 27.0 Å². The van der Waals surface area contributed by atoms with Gasteiger partial charge in [-0.15, -0.1) is 0 Å². The Bertz CT molecular complexity index is 534. The fourth-order valence-electron chi connectivity index (χ4n) is 2.17. The molecule has 1 heterocycles. The van der Waals surface area contributed by atoms with Gasteiger partial charge in [0, 0.05) is 24.4 Å². The number of aryl methyl sites for hydroxylation is 1. The number of ether oxygens (including phenoxy) is 1. The van der Waals surface area contributed by atoms with Crippen LogP contribution in [0.5, 0.6) is 5.75 Å². The standard InChI is InChI=1S/C15H21N3O/c1-11(2)19-14-8-6-5-7-13(14)15(16-3)12-9-17-18(4)10-12/h5-11,15-16H,1-4H3. The van der Waals surface area contributed by atoms with E-state index in [-0.39, 0.29) is 12.1 Å². The number of nitrogens with one attached hydrogen (secondary N) is 1. The molecular weight excluding hydrogens is 238 g/mol. The summed E-state index contributed by atoms with van der Waals surface area (Å²) in [7, 11) is 3.87. The lowest BCUT2D eigenvalue weighted by molar-refractivity contribution is 0.238. The number of aromatic nitrogens is 2. The van der Waals surface area contributed by atoms with E-state index in [1.54, 1.807) is 0 Å². The van der Waals surface area contributed by atoms with Crippen LogP contribution in [0.4, 0.5) is 0 Å². The van der Waals surface area contributed by atoms with Crippen LogP contribution in [0.25, 0.3) is 0 Å². The second-order valence-corrected chi connectivity index (χ2v) is 4.87. The summed E-state index contributed by atoms with van der Waals surface area (Å²) in [5, 5.41) is 7.57. The van der Waals surface area contributed by atoms with Crippen LogP contribution in [-0.2, 0) is 7.05 Å². The largest absolute Gasteiger partial charge is 0.491 e. The molecule has 0 aliphatic rings. The Kier molecular flexibility index (Phi) is 4.22. The fraction of sp³-hybridized carbons (Fsp3) is 0.400. The Hall–Kier alpha value is -1.81. The number of hydrogen-bond donors (Lipinski definition) is 1. The molecule has 4 heteroatoms. The zero-order valence-electron chi connectivity index (χ0n) is 11.9. The van der Waals surface area contributed by atoms with Gasteiger partial charge in [0.05, 0.1) is 18.3 Å². The molecule has 19 heavy (non-hydrogen) atoms. The molecule has 4 nitrogen and oxygen atoms in total. The van der Waals surface area contributed by atoms with Crippen molar-refractivity contribution in [1.29, 1.82) is 0 Å². The number of para-hydroxylation sites is 1. The molecule has 0 spiro atoms. The van der Waals surface area contributed by atoms with Gasteiger partial charge in [0.25, 0.3) is 0 Å². The normalized spacial score (nSPS) is 12.7. The minimum Gasteiger partial charge on any atom is -0.491 e. The van der Waals surface area contributed by atoms with Crippen molar-refractivity contribution in [3.8, 4) is 5.75 Å². The molecule has 2 rings (SSSR count). The summed E-state index contributed by atoms with van der Waals surface area (Å²) in [6.45, 7) is 4.07. The van der Waals surface area contributed by atoms with Crippen LogP contribution in [0.1, 0.15) is 31.0 Å². The summed E-state index contributed by atoms with van der Waals surface area (Å²) in [5.74, 6) is 0.917. The molecule has 1 aromatic heterocycles. The van der Waals surface area contributed by atoms with E-state index in [1.165, 1.54) is 0 Å². The SMILES string of the molecule is CNC(c1cnn(C)c1)c1ccccc1OC(C)C. The topological polar surface area (TPSA) is 39.1 Å². The molecule has 1 aromatic carbocycles. The number of benzene rings is 1. The van der Waals surface area contributed by atoms with E-state index in [0.29, 0.717) is 0 Å². The molecule has 102 valence electrons. The Morgan fingerprint density at radius 3 is 2.58 bits per heavy atom. The van der Waals surface area contributed by atoms with Crippen molar-refractivity contribution in [2.45, 2.75) is 26.0 Å². The van der Waals surface area contributed by atoms with E-state index in [4.69, 9.17) is 4.74 Å². The van der Waals surface area contributed by atoms with Crippen molar-refractivity contribution in [2.75, 3.05) is 7.05 Å². The van der Waals surface area contributed by atoms with Gasteiger partial charge in [0.2, 0.25) is 0 Å². The molecule has 0 aliphatic carbocycles. The van der Waals surface area contributed by atoms with Gasteiger partial charge in [-0.1, -0.05) is 18.2 Å². The van der Waals surface area contributed by atoms with Crippen molar-refractivity contribution < 1.29 is 4.74 Å². The molecule has 0 aliphatic heterocycles. The summed E-state index contributed by atoms with van der Waals surface area (Å²) < 4.78 is 7.70. The monoisotopic (exact) mass is 259 g/mol. The van der Waals surface area contributed by atoms with Crippen molar-refractivity contribution >= 4 is 0 Å². The van der Waals surface area contributed by atoms with Crippen LogP contribution in [-0.4, -0.2) is 22.9 Å². The maximum atomic E-state index is 5.89. The first-order valence-corrected chi connectivity index (χ1v) is 6.53. The first-order chi connectivity index (χ1) is 9.11. The highest BCUT2D eigenvalue weighted by atomic mass is 16.5. The van der Waals surface area contributed by atoms with Gasteiger partial charge in [-0.3, -0.25) is 4.68 Å². The lowest BCUT2D eigenvalue weighted by Gasteiger charge is -2.20. The van der Waals surface area contributed by atoms with Crippen molar-refractivity contribution in [3.05, 3.63) is 47.8 Å². The van der Waals surface area contributed by atoms with Gasteiger partial charge in [0.15, 0.2) is 0 Å². The van der Waals surface area contributed by atoms with Crippen LogP contribution in [0.15, 0.2) is 36.7 Å². The smallest absolute Gasteiger partial charge is 0.124 e. The van der Waals surface area contributed by atoms with Crippen LogP contribution >= 0.6 is 0 Å². The predicted octanol–water partition coefficient (Wildman–Crippen LogP) is 2.52. The Balaban J connectivity index is 2.38. The Morgan fingerprint density at radius 1 is 1.26 bits per heavy atom. The maximum Gasteiger partial charge on any atom is 0.124 e. The van der Waals surface area contributed by atoms with Gasteiger partial charge < -0.3 is 10.1 Å². The molecule has 2 aromatic rings. The van der Waals surface area contributed by atoms with Crippen LogP contribution in [0, 0.1) is 0 Å². The second-order valence-electron chi connectivity index (χ2n) is 4.87. The fourth-order valence-corrected chi connectivity index (χ4v) is 2.17. The molecule has 0 saturated carbocycles. The number of hydrogen-bond acceptors (Lipinski definition) is 3. The quantitative estimate of drug-likeness (QED) is 0.896. The highest BCUT2D eigenvalue weighted by molar-refractivity contribution is 5.40. The summed E-state index contributed by atoms with van der Waals surface area (Å²) >= 11 is 0. The van der Waals surface area contributed by atoms with Crippen LogP contribution in [0.3, 0.4) is 0 Å². The minimum absolute atomic E-state index is 0.0867. The van der Waals surface area contributed by atoms with Gasteiger partial charge in [-0.25, -0.2) is 0 Å². The maximum absolute atomic E-state index is 5.89. The highest BCUT2D eigenvalue weighted by Gasteiger charge is 2.18. The zero-order valence-corrected chi connectivity index (χ0v) is 11.9. The molecule has 1 atom stereocenters. The number of nitrogens with zero attached hydrogens (tertiary/aromatic N) is 2. The third-order valence-corrected chi connectivity index (χ3v) is 2.94.